The van der Waals surface area contributed by atoms with Crippen molar-refractivity contribution < 1.29 is 0 Å². The lowest BCUT2D eigenvalue weighted by Gasteiger charge is -2.33. The summed E-state index contributed by atoms with van der Waals surface area (Å²) in [6, 6.07) is 0.366. The summed E-state index contributed by atoms with van der Waals surface area (Å²) in [6.45, 7) is 10.4. The summed E-state index contributed by atoms with van der Waals surface area (Å²) in [5, 5.41) is 0.838. The predicted octanol–water partition coefficient (Wildman–Crippen LogP) is 2.19. The molecule has 0 radical (unpaired) electrons. The molecule has 1 rings (SSSR count). The van der Waals surface area contributed by atoms with Crippen molar-refractivity contribution in [3.63, 3.8) is 0 Å². The third-order valence-electron chi connectivity index (χ3n) is 2.95. The van der Waals surface area contributed by atoms with Crippen molar-refractivity contribution in [2.24, 2.45) is 11.7 Å². The molecule has 0 bridgehead atoms. The Morgan fingerprint density at radius 2 is 2.20 bits per heavy atom. The van der Waals surface area contributed by atoms with E-state index in [1.54, 1.807) is 0 Å². The third-order valence-corrected chi connectivity index (χ3v) is 4.32. The SMILES string of the molecule is CCC1CN(CC(N)CC(C)C)CCS1. The topological polar surface area (TPSA) is 29.3 Å². The molecule has 0 amide bonds. The van der Waals surface area contributed by atoms with Crippen LogP contribution in [0.1, 0.15) is 33.6 Å². The quantitative estimate of drug-likeness (QED) is 0.785. The number of nitrogens with two attached hydrogens (primary N) is 1. The van der Waals surface area contributed by atoms with Gasteiger partial charge in [-0.3, -0.25) is 4.90 Å². The molecule has 2 unspecified atom stereocenters. The van der Waals surface area contributed by atoms with Gasteiger partial charge in [0.1, 0.15) is 0 Å². The first-order valence-electron chi connectivity index (χ1n) is 6.21. The second-order valence-corrected chi connectivity index (χ2v) is 6.46. The molecule has 2 atom stereocenters. The van der Waals surface area contributed by atoms with Crippen LogP contribution in [0, 0.1) is 5.92 Å². The van der Waals surface area contributed by atoms with E-state index in [4.69, 9.17) is 5.73 Å². The third kappa shape index (κ3) is 5.23. The molecule has 1 aliphatic heterocycles. The first-order valence-corrected chi connectivity index (χ1v) is 7.26. The molecule has 3 heteroatoms. The van der Waals surface area contributed by atoms with Crippen LogP contribution in [0.2, 0.25) is 0 Å². The zero-order valence-corrected chi connectivity index (χ0v) is 11.2. The molecule has 1 aliphatic rings. The summed E-state index contributed by atoms with van der Waals surface area (Å²) in [5.74, 6) is 2.01. The maximum Gasteiger partial charge on any atom is 0.0172 e. The number of rotatable bonds is 5. The van der Waals surface area contributed by atoms with Gasteiger partial charge >= 0.3 is 0 Å². The minimum atomic E-state index is 0.366. The fourth-order valence-corrected chi connectivity index (χ4v) is 3.45. The molecule has 0 aromatic carbocycles. The second-order valence-electron chi connectivity index (χ2n) is 5.05. The van der Waals surface area contributed by atoms with Gasteiger partial charge in [0, 0.05) is 36.7 Å². The minimum absolute atomic E-state index is 0.366. The minimum Gasteiger partial charge on any atom is -0.327 e. The van der Waals surface area contributed by atoms with Crippen LogP contribution in [0.15, 0.2) is 0 Å². The highest BCUT2D eigenvalue weighted by atomic mass is 32.2. The Balaban J connectivity index is 2.25. The van der Waals surface area contributed by atoms with Gasteiger partial charge in [-0.2, -0.15) is 11.8 Å². The van der Waals surface area contributed by atoms with Crippen LogP contribution < -0.4 is 5.73 Å². The normalized spacial score (nSPS) is 25.8. The van der Waals surface area contributed by atoms with Gasteiger partial charge in [-0.15, -0.1) is 0 Å². The van der Waals surface area contributed by atoms with E-state index in [2.05, 4.69) is 37.4 Å². The zero-order valence-electron chi connectivity index (χ0n) is 10.4. The zero-order chi connectivity index (χ0) is 11.3. The first kappa shape index (κ1) is 13.3. The van der Waals surface area contributed by atoms with Crippen molar-refractivity contribution in [1.82, 2.24) is 4.90 Å². The van der Waals surface area contributed by atoms with Crippen molar-refractivity contribution >= 4 is 11.8 Å². The summed E-state index contributed by atoms with van der Waals surface area (Å²) in [6.07, 6.45) is 2.45. The Morgan fingerprint density at radius 3 is 2.80 bits per heavy atom. The summed E-state index contributed by atoms with van der Waals surface area (Å²) >= 11 is 2.13. The first-order chi connectivity index (χ1) is 7.11. The largest absolute Gasteiger partial charge is 0.327 e. The Kier molecular flexibility index (Phi) is 6.02. The number of hydrogen-bond acceptors (Lipinski definition) is 3. The van der Waals surface area contributed by atoms with Gasteiger partial charge in [0.15, 0.2) is 0 Å². The standard InChI is InChI=1S/C12H26N2S/c1-4-12-9-14(5-6-15-12)8-11(13)7-10(2)3/h10-12H,4-9,13H2,1-3H3. The van der Waals surface area contributed by atoms with E-state index < -0.39 is 0 Å². The number of nitrogens with zero attached hydrogens (tertiary/aromatic N) is 1. The Labute approximate surface area is 99.0 Å². The predicted molar refractivity (Wildman–Crippen MR) is 70.4 cm³/mol. The van der Waals surface area contributed by atoms with Gasteiger partial charge in [-0.1, -0.05) is 20.8 Å². The lowest BCUT2D eigenvalue weighted by molar-refractivity contribution is 0.252. The van der Waals surface area contributed by atoms with Crippen molar-refractivity contribution in [2.45, 2.75) is 44.9 Å². The fraction of sp³-hybridized carbons (Fsp3) is 1.00. The maximum absolute atomic E-state index is 6.14. The van der Waals surface area contributed by atoms with Crippen molar-refractivity contribution in [3.05, 3.63) is 0 Å². The molecular formula is C12H26N2S. The van der Waals surface area contributed by atoms with Crippen LogP contribution in [0.3, 0.4) is 0 Å². The molecule has 90 valence electrons. The van der Waals surface area contributed by atoms with Crippen LogP contribution in [0.5, 0.6) is 0 Å². The van der Waals surface area contributed by atoms with Crippen molar-refractivity contribution in [2.75, 3.05) is 25.4 Å². The molecule has 0 aromatic rings. The lowest BCUT2D eigenvalue weighted by atomic mass is 10.0. The van der Waals surface area contributed by atoms with Crippen LogP contribution in [-0.4, -0.2) is 41.6 Å². The molecule has 0 saturated carbocycles. The molecule has 0 spiro atoms. The Hall–Kier alpha value is 0.270. The van der Waals surface area contributed by atoms with E-state index in [0.29, 0.717) is 6.04 Å². The van der Waals surface area contributed by atoms with Gasteiger partial charge in [0.25, 0.3) is 0 Å². The molecule has 0 aliphatic carbocycles. The summed E-state index contributed by atoms with van der Waals surface area (Å²) in [7, 11) is 0. The van der Waals surface area contributed by atoms with Gasteiger partial charge in [0.2, 0.25) is 0 Å². The van der Waals surface area contributed by atoms with Crippen LogP contribution in [0.4, 0.5) is 0 Å². The number of thioether (sulfide) groups is 1. The highest BCUT2D eigenvalue weighted by molar-refractivity contribution is 8.00. The molecule has 1 heterocycles. The second kappa shape index (κ2) is 6.77. The van der Waals surface area contributed by atoms with Gasteiger partial charge < -0.3 is 5.73 Å². The van der Waals surface area contributed by atoms with Crippen LogP contribution in [-0.2, 0) is 0 Å². The van der Waals surface area contributed by atoms with E-state index in [0.717, 1.165) is 24.1 Å². The molecule has 2 N–H and O–H groups in total. The van der Waals surface area contributed by atoms with Gasteiger partial charge in [-0.05, 0) is 18.8 Å². The maximum atomic E-state index is 6.14. The van der Waals surface area contributed by atoms with Gasteiger partial charge in [-0.25, -0.2) is 0 Å². The van der Waals surface area contributed by atoms with Crippen LogP contribution >= 0.6 is 11.8 Å². The van der Waals surface area contributed by atoms with E-state index in [-0.39, 0.29) is 0 Å². The summed E-state index contributed by atoms with van der Waals surface area (Å²) in [5.41, 5.74) is 6.14. The summed E-state index contributed by atoms with van der Waals surface area (Å²) in [4.78, 5) is 2.55. The summed E-state index contributed by atoms with van der Waals surface area (Å²) < 4.78 is 0. The Morgan fingerprint density at radius 1 is 1.47 bits per heavy atom. The fourth-order valence-electron chi connectivity index (χ4n) is 2.20. The average molecular weight is 230 g/mol. The monoisotopic (exact) mass is 230 g/mol. The smallest absolute Gasteiger partial charge is 0.0172 e. The van der Waals surface area contributed by atoms with Gasteiger partial charge in [0.05, 0.1) is 0 Å². The molecule has 1 fully saturated rings. The highest BCUT2D eigenvalue weighted by Gasteiger charge is 2.20. The van der Waals surface area contributed by atoms with E-state index in [1.807, 2.05) is 0 Å². The Bertz CT molecular complexity index is 173. The van der Waals surface area contributed by atoms with E-state index in [9.17, 15) is 0 Å². The average Bonchev–Trinajstić information content (AvgIpc) is 2.16. The molecule has 2 nitrogen and oxygen atoms in total. The van der Waals surface area contributed by atoms with E-state index in [1.165, 1.54) is 25.3 Å². The molecule has 1 saturated heterocycles. The lowest BCUT2D eigenvalue weighted by Crippen LogP contribution is -2.44. The van der Waals surface area contributed by atoms with Crippen molar-refractivity contribution in [3.8, 4) is 0 Å². The molecular weight excluding hydrogens is 204 g/mol. The van der Waals surface area contributed by atoms with Crippen LogP contribution in [0.25, 0.3) is 0 Å². The number of hydrogen-bond donors (Lipinski definition) is 1. The van der Waals surface area contributed by atoms with E-state index >= 15 is 0 Å². The molecule has 0 aromatic heterocycles. The molecule has 15 heavy (non-hydrogen) atoms. The van der Waals surface area contributed by atoms with Crippen molar-refractivity contribution in [1.29, 1.82) is 0 Å². The highest BCUT2D eigenvalue weighted by Crippen LogP contribution is 2.21.